The van der Waals surface area contributed by atoms with Gasteiger partial charge in [-0.1, -0.05) is 13.8 Å². The number of hydrogen-bond acceptors (Lipinski definition) is 3. The van der Waals surface area contributed by atoms with Gasteiger partial charge >= 0.3 is 6.18 Å². The quantitative estimate of drug-likeness (QED) is 0.865. The molecule has 0 bridgehead atoms. The monoisotopic (exact) mass is 372 g/mol. The molecule has 1 N–H and O–H groups in total. The molecule has 1 aromatic carbocycles. The van der Waals surface area contributed by atoms with E-state index in [1.807, 2.05) is 13.8 Å². The minimum Gasteiger partial charge on any atom is -0.378 e. The van der Waals surface area contributed by atoms with E-state index in [4.69, 9.17) is 4.74 Å². The molecular formula is C18H23F3N2O3. The van der Waals surface area contributed by atoms with Gasteiger partial charge in [0.25, 0.3) is 5.91 Å². The summed E-state index contributed by atoms with van der Waals surface area (Å²) >= 11 is 0. The molecule has 1 heterocycles. The Labute approximate surface area is 150 Å². The van der Waals surface area contributed by atoms with Crippen molar-refractivity contribution in [3.63, 3.8) is 0 Å². The Balaban J connectivity index is 2.09. The van der Waals surface area contributed by atoms with Crippen molar-refractivity contribution in [3.8, 4) is 0 Å². The maximum Gasteiger partial charge on any atom is 0.416 e. The highest BCUT2D eigenvalue weighted by Crippen LogP contribution is 2.29. The van der Waals surface area contributed by atoms with Gasteiger partial charge in [0.1, 0.15) is 6.04 Å². The third kappa shape index (κ3) is 5.45. The summed E-state index contributed by atoms with van der Waals surface area (Å²) in [6.07, 6.45) is -4.01. The van der Waals surface area contributed by atoms with E-state index in [1.54, 1.807) is 4.90 Å². The molecule has 1 fully saturated rings. The van der Waals surface area contributed by atoms with E-state index in [2.05, 4.69) is 5.32 Å². The molecule has 1 aliphatic heterocycles. The number of rotatable bonds is 5. The average molecular weight is 372 g/mol. The van der Waals surface area contributed by atoms with Crippen LogP contribution in [0.25, 0.3) is 0 Å². The second kappa shape index (κ2) is 8.53. The van der Waals surface area contributed by atoms with Gasteiger partial charge in [0.15, 0.2) is 0 Å². The highest BCUT2D eigenvalue weighted by atomic mass is 19.4. The van der Waals surface area contributed by atoms with Crippen molar-refractivity contribution in [1.82, 2.24) is 10.2 Å². The van der Waals surface area contributed by atoms with E-state index in [0.29, 0.717) is 32.7 Å². The Hall–Kier alpha value is -2.09. The predicted octanol–water partition coefficient (Wildman–Crippen LogP) is 2.71. The molecule has 0 saturated carbocycles. The van der Waals surface area contributed by atoms with Crippen LogP contribution in [0.15, 0.2) is 24.3 Å². The van der Waals surface area contributed by atoms with Crippen LogP contribution in [0.5, 0.6) is 0 Å². The van der Waals surface area contributed by atoms with Crippen LogP contribution in [0.3, 0.4) is 0 Å². The van der Waals surface area contributed by atoms with Crippen LogP contribution < -0.4 is 5.32 Å². The van der Waals surface area contributed by atoms with Crippen LogP contribution in [-0.2, 0) is 15.7 Å². The number of amides is 2. The Morgan fingerprint density at radius 3 is 2.23 bits per heavy atom. The lowest BCUT2D eigenvalue weighted by Gasteiger charge is -2.31. The summed E-state index contributed by atoms with van der Waals surface area (Å²) in [6, 6.07) is 3.22. The molecule has 1 saturated heterocycles. The van der Waals surface area contributed by atoms with E-state index in [9.17, 15) is 22.8 Å². The Morgan fingerprint density at radius 1 is 1.15 bits per heavy atom. The molecule has 0 unspecified atom stereocenters. The molecule has 1 atom stereocenters. The molecular weight excluding hydrogens is 349 g/mol. The summed E-state index contributed by atoms with van der Waals surface area (Å²) in [5.41, 5.74) is -0.737. The topological polar surface area (TPSA) is 58.6 Å². The van der Waals surface area contributed by atoms with Gasteiger partial charge in [0.2, 0.25) is 5.91 Å². The second-order valence-electron chi connectivity index (χ2n) is 6.67. The number of morpholine rings is 1. The van der Waals surface area contributed by atoms with Crippen molar-refractivity contribution in [3.05, 3.63) is 35.4 Å². The van der Waals surface area contributed by atoms with E-state index < -0.39 is 23.7 Å². The van der Waals surface area contributed by atoms with Gasteiger partial charge in [-0.3, -0.25) is 9.59 Å². The second-order valence-corrected chi connectivity index (χ2v) is 6.67. The molecule has 2 rings (SSSR count). The molecule has 26 heavy (non-hydrogen) atoms. The van der Waals surface area contributed by atoms with Crippen molar-refractivity contribution in [2.75, 3.05) is 26.3 Å². The third-order valence-corrected chi connectivity index (χ3v) is 4.11. The van der Waals surface area contributed by atoms with Gasteiger partial charge in [-0.25, -0.2) is 0 Å². The number of nitrogens with one attached hydrogen (secondary N) is 1. The fourth-order valence-electron chi connectivity index (χ4n) is 2.75. The number of halogens is 3. The van der Waals surface area contributed by atoms with Gasteiger partial charge in [0, 0.05) is 18.7 Å². The highest BCUT2D eigenvalue weighted by molar-refractivity contribution is 5.97. The van der Waals surface area contributed by atoms with Crippen LogP contribution in [-0.4, -0.2) is 49.1 Å². The van der Waals surface area contributed by atoms with E-state index in [-0.39, 0.29) is 17.4 Å². The molecule has 144 valence electrons. The van der Waals surface area contributed by atoms with E-state index in [1.165, 1.54) is 0 Å². The SMILES string of the molecule is CC(C)C[C@H](NC(=O)c1ccc(C(F)(F)F)cc1)C(=O)N1CCOCC1. The van der Waals surface area contributed by atoms with Crippen molar-refractivity contribution >= 4 is 11.8 Å². The Morgan fingerprint density at radius 2 is 1.73 bits per heavy atom. The van der Waals surface area contributed by atoms with Crippen LogP contribution in [0.4, 0.5) is 13.2 Å². The van der Waals surface area contributed by atoms with E-state index >= 15 is 0 Å². The van der Waals surface area contributed by atoms with Gasteiger partial charge in [-0.15, -0.1) is 0 Å². The number of carbonyl (C=O) groups excluding carboxylic acids is 2. The summed E-state index contributed by atoms with van der Waals surface area (Å²) in [7, 11) is 0. The predicted molar refractivity (Wildman–Crippen MR) is 89.6 cm³/mol. The first-order valence-electron chi connectivity index (χ1n) is 8.53. The third-order valence-electron chi connectivity index (χ3n) is 4.11. The molecule has 0 aliphatic carbocycles. The van der Waals surface area contributed by atoms with Gasteiger partial charge in [0.05, 0.1) is 18.8 Å². The largest absolute Gasteiger partial charge is 0.416 e. The molecule has 0 aromatic heterocycles. The number of alkyl halides is 3. The molecule has 2 amide bonds. The first kappa shape index (κ1) is 20.2. The molecule has 1 aromatic rings. The van der Waals surface area contributed by atoms with Crippen molar-refractivity contribution in [2.45, 2.75) is 32.5 Å². The highest BCUT2D eigenvalue weighted by Gasteiger charge is 2.31. The summed E-state index contributed by atoms with van der Waals surface area (Å²) < 4.78 is 43.1. The fourth-order valence-corrected chi connectivity index (χ4v) is 2.75. The summed E-state index contributed by atoms with van der Waals surface area (Å²) in [4.78, 5) is 26.7. The Kier molecular flexibility index (Phi) is 6.63. The molecule has 0 spiro atoms. The van der Waals surface area contributed by atoms with Gasteiger partial charge < -0.3 is 15.0 Å². The normalized spacial score (nSPS) is 16.5. The lowest BCUT2D eigenvalue weighted by Crippen LogP contribution is -2.52. The number of nitrogens with zero attached hydrogens (tertiary/aromatic N) is 1. The fraction of sp³-hybridized carbons (Fsp3) is 0.556. The molecule has 0 radical (unpaired) electrons. The minimum atomic E-state index is -4.46. The maximum absolute atomic E-state index is 12.7. The molecule has 8 heteroatoms. The first-order valence-corrected chi connectivity index (χ1v) is 8.53. The van der Waals surface area contributed by atoms with Gasteiger partial charge in [-0.2, -0.15) is 13.2 Å². The van der Waals surface area contributed by atoms with E-state index in [0.717, 1.165) is 24.3 Å². The van der Waals surface area contributed by atoms with Crippen LogP contribution in [0.2, 0.25) is 0 Å². The van der Waals surface area contributed by atoms with Crippen LogP contribution >= 0.6 is 0 Å². The molecule has 1 aliphatic rings. The zero-order valence-corrected chi connectivity index (χ0v) is 14.8. The number of ether oxygens (including phenoxy) is 1. The minimum absolute atomic E-state index is 0.0848. The standard InChI is InChI=1S/C18H23F3N2O3/c1-12(2)11-15(17(25)23-7-9-26-10-8-23)22-16(24)13-3-5-14(6-4-13)18(19,20)21/h3-6,12,15H,7-11H2,1-2H3,(H,22,24)/t15-/m0/s1. The lowest BCUT2D eigenvalue weighted by atomic mass is 10.0. The average Bonchev–Trinajstić information content (AvgIpc) is 2.60. The zero-order valence-electron chi connectivity index (χ0n) is 14.8. The summed E-state index contributed by atoms with van der Waals surface area (Å²) in [6.45, 7) is 5.70. The Bertz CT molecular complexity index is 624. The maximum atomic E-state index is 12.7. The summed E-state index contributed by atoms with van der Waals surface area (Å²) in [5.74, 6) is -0.592. The van der Waals surface area contributed by atoms with Crippen molar-refractivity contribution in [2.24, 2.45) is 5.92 Å². The number of hydrogen-bond donors (Lipinski definition) is 1. The summed E-state index contributed by atoms with van der Waals surface area (Å²) in [5, 5.41) is 2.67. The molecule has 5 nitrogen and oxygen atoms in total. The smallest absolute Gasteiger partial charge is 0.378 e. The van der Waals surface area contributed by atoms with Crippen LogP contribution in [0.1, 0.15) is 36.2 Å². The van der Waals surface area contributed by atoms with Crippen molar-refractivity contribution < 1.29 is 27.5 Å². The van der Waals surface area contributed by atoms with Crippen molar-refractivity contribution in [1.29, 1.82) is 0 Å². The first-order chi connectivity index (χ1) is 12.2. The number of benzene rings is 1. The number of carbonyl (C=O) groups is 2. The van der Waals surface area contributed by atoms with Gasteiger partial charge in [-0.05, 0) is 36.6 Å². The zero-order chi connectivity index (χ0) is 19.3. The lowest BCUT2D eigenvalue weighted by molar-refractivity contribution is -0.138. The van der Waals surface area contributed by atoms with Crippen LogP contribution in [0, 0.1) is 5.92 Å².